The van der Waals surface area contributed by atoms with Crippen LogP contribution in [0.1, 0.15) is 36.7 Å². The van der Waals surface area contributed by atoms with E-state index in [1.165, 1.54) is 5.56 Å². The highest BCUT2D eigenvalue weighted by molar-refractivity contribution is 9.10. The standard InChI is InChI=1S/C16H21BrN4/c1-9(2)14-20-15(18-5)11(4)16(21-14)19-13-8-10(3)6-7-12(13)17/h6-9H,1-5H3,(H2,18,19,20,21). The molecule has 0 amide bonds. The highest BCUT2D eigenvalue weighted by Crippen LogP contribution is 2.30. The lowest BCUT2D eigenvalue weighted by molar-refractivity contribution is 0.775. The summed E-state index contributed by atoms with van der Waals surface area (Å²) >= 11 is 3.57. The molecule has 2 N–H and O–H groups in total. The van der Waals surface area contributed by atoms with Gasteiger partial charge < -0.3 is 10.6 Å². The smallest absolute Gasteiger partial charge is 0.139 e. The van der Waals surface area contributed by atoms with Crippen molar-refractivity contribution < 1.29 is 0 Å². The Morgan fingerprint density at radius 1 is 1.10 bits per heavy atom. The molecular formula is C16H21BrN4. The van der Waals surface area contributed by atoms with E-state index in [9.17, 15) is 0 Å². The van der Waals surface area contributed by atoms with Gasteiger partial charge in [0.15, 0.2) is 0 Å². The number of benzene rings is 1. The SMILES string of the molecule is CNc1nc(C(C)C)nc(Nc2cc(C)ccc2Br)c1C. The molecule has 2 aromatic rings. The third kappa shape index (κ3) is 3.53. The van der Waals surface area contributed by atoms with Crippen molar-refractivity contribution in [2.45, 2.75) is 33.6 Å². The minimum Gasteiger partial charge on any atom is -0.373 e. The summed E-state index contributed by atoms with van der Waals surface area (Å²) in [6, 6.07) is 6.21. The Morgan fingerprint density at radius 2 is 1.76 bits per heavy atom. The van der Waals surface area contributed by atoms with Gasteiger partial charge in [0.05, 0.1) is 5.69 Å². The fourth-order valence-electron chi connectivity index (χ4n) is 2.02. The van der Waals surface area contributed by atoms with Crippen LogP contribution >= 0.6 is 15.9 Å². The summed E-state index contributed by atoms with van der Waals surface area (Å²) < 4.78 is 1.02. The first-order chi connectivity index (χ1) is 9.92. The van der Waals surface area contributed by atoms with E-state index in [4.69, 9.17) is 0 Å². The number of rotatable bonds is 4. The van der Waals surface area contributed by atoms with Crippen molar-refractivity contribution in [2.75, 3.05) is 17.7 Å². The number of halogens is 1. The summed E-state index contributed by atoms with van der Waals surface area (Å²) in [6.07, 6.45) is 0. The van der Waals surface area contributed by atoms with E-state index < -0.39 is 0 Å². The highest BCUT2D eigenvalue weighted by atomic mass is 79.9. The van der Waals surface area contributed by atoms with Gasteiger partial charge in [-0.15, -0.1) is 0 Å². The van der Waals surface area contributed by atoms with Crippen LogP contribution in [0.15, 0.2) is 22.7 Å². The Labute approximate surface area is 134 Å². The number of hydrogen-bond donors (Lipinski definition) is 2. The minimum absolute atomic E-state index is 0.277. The van der Waals surface area contributed by atoms with Crippen LogP contribution in [0.25, 0.3) is 0 Å². The number of anilines is 3. The fraction of sp³-hybridized carbons (Fsp3) is 0.375. The lowest BCUT2D eigenvalue weighted by atomic mass is 10.2. The van der Waals surface area contributed by atoms with Gasteiger partial charge in [-0.1, -0.05) is 19.9 Å². The summed E-state index contributed by atoms with van der Waals surface area (Å²) in [5, 5.41) is 6.55. The van der Waals surface area contributed by atoms with Crippen molar-refractivity contribution >= 4 is 33.3 Å². The van der Waals surface area contributed by atoms with Gasteiger partial charge in [0, 0.05) is 23.0 Å². The van der Waals surface area contributed by atoms with Crippen LogP contribution in [0.2, 0.25) is 0 Å². The molecule has 21 heavy (non-hydrogen) atoms. The van der Waals surface area contributed by atoms with Crippen molar-refractivity contribution in [3.63, 3.8) is 0 Å². The van der Waals surface area contributed by atoms with Crippen molar-refractivity contribution in [2.24, 2.45) is 0 Å². The predicted molar refractivity (Wildman–Crippen MR) is 92.6 cm³/mol. The maximum Gasteiger partial charge on any atom is 0.139 e. The summed E-state index contributed by atoms with van der Waals surface area (Å²) in [6.45, 7) is 8.28. The van der Waals surface area contributed by atoms with Crippen LogP contribution in [0.5, 0.6) is 0 Å². The zero-order chi connectivity index (χ0) is 15.6. The summed E-state index contributed by atoms with van der Waals surface area (Å²) in [4.78, 5) is 9.22. The zero-order valence-electron chi connectivity index (χ0n) is 13.1. The number of aromatic nitrogens is 2. The molecule has 0 saturated carbocycles. The van der Waals surface area contributed by atoms with Crippen LogP contribution in [-0.4, -0.2) is 17.0 Å². The lowest BCUT2D eigenvalue weighted by Gasteiger charge is -2.16. The Morgan fingerprint density at radius 3 is 2.38 bits per heavy atom. The van der Waals surface area contributed by atoms with Gasteiger partial charge >= 0.3 is 0 Å². The first-order valence-electron chi connectivity index (χ1n) is 7.01. The molecule has 0 spiro atoms. The molecule has 0 radical (unpaired) electrons. The predicted octanol–water partition coefficient (Wildman–Crippen LogP) is 4.76. The third-order valence-corrected chi connectivity index (χ3v) is 3.98. The molecule has 5 heteroatoms. The molecule has 0 aliphatic heterocycles. The molecule has 4 nitrogen and oxygen atoms in total. The largest absolute Gasteiger partial charge is 0.373 e. The quantitative estimate of drug-likeness (QED) is 0.835. The molecule has 0 saturated heterocycles. The molecule has 2 rings (SSSR count). The molecule has 0 unspecified atom stereocenters. The topological polar surface area (TPSA) is 49.8 Å². The first kappa shape index (κ1) is 15.8. The van der Waals surface area contributed by atoms with Gasteiger partial charge in [-0.25, -0.2) is 9.97 Å². The third-order valence-electron chi connectivity index (χ3n) is 3.29. The number of hydrogen-bond acceptors (Lipinski definition) is 4. The average Bonchev–Trinajstić information content (AvgIpc) is 2.44. The van der Waals surface area contributed by atoms with E-state index in [0.717, 1.165) is 33.2 Å². The first-order valence-corrected chi connectivity index (χ1v) is 7.81. The van der Waals surface area contributed by atoms with Crippen molar-refractivity contribution in [3.05, 3.63) is 39.6 Å². The molecule has 0 aliphatic rings. The van der Waals surface area contributed by atoms with E-state index in [1.54, 1.807) is 0 Å². The highest BCUT2D eigenvalue weighted by Gasteiger charge is 2.13. The molecule has 0 bridgehead atoms. The monoisotopic (exact) mass is 348 g/mol. The maximum absolute atomic E-state index is 4.66. The van der Waals surface area contributed by atoms with Crippen LogP contribution in [-0.2, 0) is 0 Å². The molecule has 0 aliphatic carbocycles. The fourth-order valence-corrected chi connectivity index (χ4v) is 2.37. The van der Waals surface area contributed by atoms with Crippen LogP contribution in [0, 0.1) is 13.8 Å². The van der Waals surface area contributed by atoms with Crippen LogP contribution in [0.4, 0.5) is 17.3 Å². The Balaban J connectivity index is 2.47. The van der Waals surface area contributed by atoms with Crippen molar-refractivity contribution in [3.8, 4) is 0 Å². The lowest BCUT2D eigenvalue weighted by Crippen LogP contribution is -2.08. The zero-order valence-corrected chi connectivity index (χ0v) is 14.7. The van der Waals surface area contributed by atoms with Crippen molar-refractivity contribution in [1.29, 1.82) is 0 Å². The van der Waals surface area contributed by atoms with Crippen LogP contribution < -0.4 is 10.6 Å². The molecule has 0 atom stereocenters. The second kappa shape index (κ2) is 6.43. The Hall–Kier alpha value is -1.62. The molecule has 0 fully saturated rings. The maximum atomic E-state index is 4.66. The molecular weight excluding hydrogens is 328 g/mol. The van der Waals surface area contributed by atoms with Crippen molar-refractivity contribution in [1.82, 2.24) is 9.97 Å². The van der Waals surface area contributed by atoms with E-state index in [0.29, 0.717) is 0 Å². The van der Waals surface area contributed by atoms with Gasteiger partial charge in [0.1, 0.15) is 17.5 Å². The summed E-state index contributed by atoms with van der Waals surface area (Å²) in [5.74, 6) is 2.81. The summed E-state index contributed by atoms with van der Waals surface area (Å²) in [7, 11) is 1.88. The van der Waals surface area contributed by atoms with E-state index in [-0.39, 0.29) is 5.92 Å². The van der Waals surface area contributed by atoms with Gasteiger partial charge in [-0.2, -0.15) is 0 Å². The average molecular weight is 349 g/mol. The second-order valence-corrected chi connectivity index (χ2v) is 6.27. The summed E-state index contributed by atoms with van der Waals surface area (Å²) in [5.41, 5.74) is 3.22. The Bertz CT molecular complexity index is 653. The molecule has 1 aromatic heterocycles. The van der Waals surface area contributed by atoms with E-state index in [2.05, 4.69) is 69.4 Å². The van der Waals surface area contributed by atoms with Gasteiger partial charge in [0.25, 0.3) is 0 Å². The van der Waals surface area contributed by atoms with E-state index >= 15 is 0 Å². The number of nitrogens with zero attached hydrogens (tertiary/aromatic N) is 2. The van der Waals surface area contributed by atoms with Gasteiger partial charge in [-0.05, 0) is 47.5 Å². The second-order valence-electron chi connectivity index (χ2n) is 5.42. The van der Waals surface area contributed by atoms with E-state index in [1.807, 2.05) is 20.0 Å². The van der Waals surface area contributed by atoms with Gasteiger partial charge in [-0.3, -0.25) is 0 Å². The normalized spacial score (nSPS) is 10.8. The Kier molecular flexibility index (Phi) is 4.83. The number of nitrogens with one attached hydrogen (secondary N) is 2. The molecule has 1 aromatic carbocycles. The minimum atomic E-state index is 0.277. The molecule has 1 heterocycles. The van der Waals surface area contributed by atoms with Crippen LogP contribution in [0.3, 0.4) is 0 Å². The molecule has 112 valence electrons. The van der Waals surface area contributed by atoms with Gasteiger partial charge in [0.2, 0.25) is 0 Å². The number of aryl methyl sites for hydroxylation is 1.